The van der Waals surface area contributed by atoms with E-state index in [4.69, 9.17) is 4.74 Å². The van der Waals surface area contributed by atoms with Crippen molar-refractivity contribution in [2.75, 3.05) is 6.61 Å². The molecule has 1 aromatic carbocycles. The van der Waals surface area contributed by atoms with Crippen LogP contribution >= 0.6 is 11.3 Å². The summed E-state index contributed by atoms with van der Waals surface area (Å²) < 4.78 is 6.41. The molecular weight excluding hydrogens is 348 g/mol. The van der Waals surface area contributed by atoms with Gasteiger partial charge in [-0.25, -0.2) is 9.78 Å². The van der Waals surface area contributed by atoms with Gasteiger partial charge in [0.15, 0.2) is 0 Å². The van der Waals surface area contributed by atoms with E-state index in [-0.39, 0.29) is 12.2 Å². The van der Waals surface area contributed by atoms with Crippen LogP contribution in [-0.4, -0.2) is 22.1 Å². The van der Waals surface area contributed by atoms with Crippen LogP contribution < -0.4 is 5.56 Å². The molecule has 3 aromatic rings. The van der Waals surface area contributed by atoms with Gasteiger partial charge in [-0.3, -0.25) is 9.36 Å². The third kappa shape index (κ3) is 3.05. The number of carbonyl (C=O) groups excluding carboxylic acids is 1. The molecule has 5 nitrogen and oxygen atoms in total. The van der Waals surface area contributed by atoms with E-state index in [9.17, 15) is 9.59 Å². The van der Waals surface area contributed by atoms with Crippen LogP contribution in [0.4, 0.5) is 0 Å². The fourth-order valence-corrected chi connectivity index (χ4v) is 4.02. The molecule has 26 heavy (non-hydrogen) atoms. The van der Waals surface area contributed by atoms with Crippen LogP contribution in [0.15, 0.2) is 29.3 Å². The highest BCUT2D eigenvalue weighted by Gasteiger charge is 2.22. The third-order valence-corrected chi connectivity index (χ3v) is 5.67. The summed E-state index contributed by atoms with van der Waals surface area (Å²) in [7, 11) is 0. The lowest BCUT2D eigenvalue weighted by atomic mass is 9.99. The molecule has 1 unspecified atom stereocenters. The third-order valence-electron chi connectivity index (χ3n) is 4.65. The van der Waals surface area contributed by atoms with Gasteiger partial charge in [0.25, 0.3) is 5.56 Å². The quantitative estimate of drug-likeness (QED) is 0.647. The molecule has 2 heterocycles. The molecule has 0 N–H and O–H groups in total. The normalized spacial score (nSPS) is 12.3. The number of nitrogens with zero attached hydrogens (tertiary/aromatic N) is 2. The first-order valence-corrected chi connectivity index (χ1v) is 9.41. The molecule has 3 rings (SSSR count). The SMILES string of the molecule is CCOC(=O)C(C)n1cnc2sc(C)c(-c3ccc(C)c(C)c3)c2c1=O. The molecule has 2 aromatic heterocycles. The predicted molar refractivity (Wildman–Crippen MR) is 105 cm³/mol. The Morgan fingerprint density at radius 1 is 1.27 bits per heavy atom. The van der Waals surface area contributed by atoms with Crippen LogP contribution in [0.25, 0.3) is 21.3 Å². The summed E-state index contributed by atoms with van der Waals surface area (Å²) >= 11 is 1.50. The van der Waals surface area contributed by atoms with Crippen LogP contribution in [0.2, 0.25) is 0 Å². The first-order chi connectivity index (χ1) is 12.3. The Morgan fingerprint density at radius 2 is 2.00 bits per heavy atom. The fourth-order valence-electron chi connectivity index (χ4n) is 3.01. The number of carbonyl (C=O) groups is 1. The zero-order valence-electron chi connectivity index (χ0n) is 15.6. The van der Waals surface area contributed by atoms with Gasteiger partial charge in [0, 0.05) is 10.4 Å². The minimum Gasteiger partial charge on any atom is -0.464 e. The Morgan fingerprint density at radius 3 is 2.65 bits per heavy atom. The Kier molecular flexibility index (Phi) is 4.96. The van der Waals surface area contributed by atoms with E-state index in [1.54, 1.807) is 13.8 Å². The van der Waals surface area contributed by atoms with Crippen LogP contribution in [0, 0.1) is 20.8 Å². The molecule has 0 radical (unpaired) electrons. The Balaban J connectivity index is 2.23. The van der Waals surface area contributed by atoms with Gasteiger partial charge >= 0.3 is 5.97 Å². The molecule has 6 heteroatoms. The summed E-state index contributed by atoms with van der Waals surface area (Å²) in [6.45, 7) is 9.79. The van der Waals surface area contributed by atoms with Gasteiger partial charge in [0.05, 0.1) is 18.3 Å². The second-order valence-electron chi connectivity index (χ2n) is 6.40. The van der Waals surface area contributed by atoms with E-state index in [0.717, 1.165) is 16.0 Å². The second kappa shape index (κ2) is 7.03. The van der Waals surface area contributed by atoms with E-state index in [2.05, 4.69) is 31.0 Å². The number of hydrogen-bond donors (Lipinski definition) is 0. The summed E-state index contributed by atoms with van der Waals surface area (Å²) in [5.74, 6) is -0.435. The Hall–Kier alpha value is -2.47. The van der Waals surface area contributed by atoms with E-state index in [1.165, 1.54) is 33.4 Å². The van der Waals surface area contributed by atoms with Gasteiger partial charge in [0.2, 0.25) is 0 Å². The standard InChI is InChI=1S/C20H22N2O3S/c1-6-25-20(24)13(4)22-10-21-18-17(19(22)23)16(14(5)26-18)15-8-7-11(2)12(3)9-15/h7-10,13H,6H2,1-5H3. The monoisotopic (exact) mass is 370 g/mol. The molecule has 1 atom stereocenters. The molecule has 136 valence electrons. The van der Waals surface area contributed by atoms with Crippen molar-refractivity contribution in [2.24, 2.45) is 0 Å². The zero-order chi connectivity index (χ0) is 19.0. The largest absolute Gasteiger partial charge is 0.464 e. The zero-order valence-corrected chi connectivity index (χ0v) is 16.4. The molecule has 0 aliphatic heterocycles. The number of ether oxygens (including phenoxy) is 1. The summed E-state index contributed by atoms with van der Waals surface area (Å²) in [6, 6.07) is 5.47. The lowest BCUT2D eigenvalue weighted by molar-refractivity contribution is -0.146. The first kappa shape index (κ1) is 18.3. The van der Waals surface area contributed by atoms with Gasteiger partial charge in [-0.05, 0) is 51.3 Å². The van der Waals surface area contributed by atoms with Crippen molar-refractivity contribution in [3.05, 3.63) is 50.9 Å². The molecule has 0 aliphatic carbocycles. The smallest absolute Gasteiger partial charge is 0.328 e. The van der Waals surface area contributed by atoms with E-state index in [0.29, 0.717) is 10.2 Å². The fraction of sp³-hybridized carbons (Fsp3) is 0.350. The van der Waals surface area contributed by atoms with Gasteiger partial charge in [-0.2, -0.15) is 0 Å². The van der Waals surface area contributed by atoms with Crippen LogP contribution in [-0.2, 0) is 9.53 Å². The number of aryl methyl sites for hydroxylation is 3. The topological polar surface area (TPSA) is 61.2 Å². The van der Waals surface area contributed by atoms with Crippen LogP contribution in [0.1, 0.15) is 35.9 Å². The molecule has 0 amide bonds. The summed E-state index contributed by atoms with van der Waals surface area (Å²) in [5.41, 5.74) is 4.06. The average Bonchev–Trinajstić information content (AvgIpc) is 2.94. The highest BCUT2D eigenvalue weighted by atomic mass is 32.1. The minimum atomic E-state index is -0.716. The van der Waals surface area contributed by atoms with E-state index >= 15 is 0 Å². The number of aromatic nitrogens is 2. The van der Waals surface area contributed by atoms with Gasteiger partial charge in [0.1, 0.15) is 10.9 Å². The van der Waals surface area contributed by atoms with E-state index in [1.807, 2.05) is 13.0 Å². The van der Waals surface area contributed by atoms with Gasteiger partial charge in [-0.15, -0.1) is 11.3 Å². The second-order valence-corrected chi connectivity index (χ2v) is 7.60. The maximum absolute atomic E-state index is 13.2. The average molecular weight is 370 g/mol. The maximum atomic E-state index is 13.2. The lowest BCUT2D eigenvalue weighted by Gasteiger charge is -2.13. The van der Waals surface area contributed by atoms with Crippen molar-refractivity contribution >= 4 is 27.5 Å². The van der Waals surface area contributed by atoms with Gasteiger partial charge in [-0.1, -0.05) is 18.2 Å². The van der Waals surface area contributed by atoms with Gasteiger partial charge < -0.3 is 4.74 Å². The highest BCUT2D eigenvalue weighted by Crippen LogP contribution is 2.36. The first-order valence-electron chi connectivity index (χ1n) is 8.59. The molecule has 0 saturated heterocycles. The maximum Gasteiger partial charge on any atom is 0.328 e. The van der Waals surface area contributed by atoms with Crippen LogP contribution in [0.3, 0.4) is 0 Å². The van der Waals surface area contributed by atoms with Crippen molar-refractivity contribution < 1.29 is 9.53 Å². The predicted octanol–water partition coefficient (Wildman–Crippen LogP) is 4.17. The molecular formula is C20H22N2O3S. The lowest BCUT2D eigenvalue weighted by Crippen LogP contribution is -2.29. The summed E-state index contributed by atoms with van der Waals surface area (Å²) in [6.07, 6.45) is 1.44. The van der Waals surface area contributed by atoms with Crippen molar-refractivity contribution in [1.29, 1.82) is 0 Å². The van der Waals surface area contributed by atoms with Crippen molar-refractivity contribution in [3.8, 4) is 11.1 Å². The Labute approximate surface area is 156 Å². The van der Waals surface area contributed by atoms with Crippen molar-refractivity contribution in [3.63, 3.8) is 0 Å². The summed E-state index contributed by atoms with van der Waals surface area (Å²) in [5, 5.41) is 0.564. The van der Waals surface area contributed by atoms with Crippen molar-refractivity contribution in [2.45, 2.75) is 40.7 Å². The highest BCUT2D eigenvalue weighted by molar-refractivity contribution is 7.19. The number of fused-ring (bicyclic) bond motifs is 1. The summed E-state index contributed by atoms with van der Waals surface area (Å²) in [4.78, 5) is 31.4. The molecule has 0 bridgehead atoms. The van der Waals surface area contributed by atoms with Crippen molar-refractivity contribution in [1.82, 2.24) is 9.55 Å². The molecule has 0 saturated carbocycles. The number of esters is 1. The molecule has 0 fully saturated rings. The van der Waals surface area contributed by atoms with Crippen LogP contribution in [0.5, 0.6) is 0 Å². The van der Waals surface area contributed by atoms with E-state index < -0.39 is 12.0 Å². The number of hydrogen-bond acceptors (Lipinski definition) is 5. The number of thiophene rings is 1. The number of rotatable bonds is 4. The minimum absolute atomic E-state index is 0.215. The number of benzene rings is 1. The Bertz CT molecular complexity index is 1050. The molecule has 0 aliphatic rings. The molecule has 0 spiro atoms.